The second kappa shape index (κ2) is 9.69. The van der Waals surface area contributed by atoms with Gasteiger partial charge in [0.2, 0.25) is 5.91 Å². The van der Waals surface area contributed by atoms with Crippen molar-refractivity contribution in [1.29, 1.82) is 0 Å². The summed E-state index contributed by atoms with van der Waals surface area (Å²) in [7, 11) is 0. The number of aromatic nitrogens is 2. The predicted octanol–water partition coefficient (Wildman–Crippen LogP) is 3.96. The van der Waals surface area contributed by atoms with Gasteiger partial charge in [-0.15, -0.1) is 0 Å². The van der Waals surface area contributed by atoms with Gasteiger partial charge in [0.15, 0.2) is 5.16 Å². The van der Waals surface area contributed by atoms with Crippen LogP contribution in [0.5, 0.6) is 0 Å². The maximum absolute atomic E-state index is 12.9. The van der Waals surface area contributed by atoms with Gasteiger partial charge in [-0.05, 0) is 49.6 Å². The van der Waals surface area contributed by atoms with E-state index in [1.54, 1.807) is 22.8 Å². The lowest BCUT2D eigenvalue weighted by Crippen LogP contribution is -2.29. The van der Waals surface area contributed by atoms with Crippen molar-refractivity contribution >= 4 is 28.6 Å². The number of benzene rings is 2. The molecule has 1 amide bonds. The standard InChI is InChI=1S/C22H24FN3O2S/c1-3-15(2)26-21(28)18-6-4-5-7-19(18)25-22(26)29-14-20(27)24-13-12-16-8-10-17(23)11-9-16/h4-11,15H,3,12-14H2,1-2H3,(H,24,27)/t15-/m0/s1. The third kappa shape index (κ3) is 5.23. The molecule has 0 aliphatic carbocycles. The molecule has 2 aromatic carbocycles. The number of nitrogens with zero attached hydrogens (tertiary/aromatic N) is 2. The number of carbonyl (C=O) groups excluding carboxylic acids is 1. The van der Waals surface area contributed by atoms with Gasteiger partial charge in [0.05, 0.1) is 16.7 Å². The molecule has 7 heteroatoms. The summed E-state index contributed by atoms with van der Waals surface area (Å²) in [5, 5.41) is 4.00. The zero-order valence-corrected chi connectivity index (χ0v) is 17.3. The van der Waals surface area contributed by atoms with Crippen LogP contribution in [0, 0.1) is 5.82 Å². The van der Waals surface area contributed by atoms with Crippen LogP contribution in [0.25, 0.3) is 10.9 Å². The summed E-state index contributed by atoms with van der Waals surface area (Å²) in [6.07, 6.45) is 1.42. The van der Waals surface area contributed by atoms with E-state index in [4.69, 9.17) is 0 Å². The SMILES string of the molecule is CC[C@H](C)n1c(SCC(=O)NCCc2ccc(F)cc2)nc2ccccc2c1=O. The Morgan fingerprint density at radius 1 is 1.21 bits per heavy atom. The summed E-state index contributed by atoms with van der Waals surface area (Å²) in [4.78, 5) is 29.8. The Morgan fingerprint density at radius 3 is 2.66 bits per heavy atom. The second-order valence-corrected chi connectivity index (χ2v) is 7.80. The maximum Gasteiger partial charge on any atom is 0.262 e. The lowest BCUT2D eigenvalue weighted by atomic mass is 10.1. The molecule has 152 valence electrons. The van der Waals surface area contributed by atoms with Gasteiger partial charge in [-0.1, -0.05) is 43.0 Å². The van der Waals surface area contributed by atoms with Crippen molar-refractivity contribution in [3.05, 3.63) is 70.3 Å². The number of rotatable bonds is 8. The van der Waals surface area contributed by atoms with Crippen LogP contribution < -0.4 is 10.9 Å². The Kier molecular flexibility index (Phi) is 7.04. The van der Waals surface area contributed by atoms with E-state index in [1.165, 1.54) is 23.9 Å². The van der Waals surface area contributed by atoms with Gasteiger partial charge < -0.3 is 5.32 Å². The van der Waals surface area contributed by atoms with Gasteiger partial charge >= 0.3 is 0 Å². The molecule has 5 nitrogen and oxygen atoms in total. The van der Waals surface area contributed by atoms with Crippen molar-refractivity contribution in [2.45, 2.75) is 37.9 Å². The average Bonchev–Trinajstić information content (AvgIpc) is 2.73. The Morgan fingerprint density at radius 2 is 1.93 bits per heavy atom. The van der Waals surface area contributed by atoms with Crippen molar-refractivity contribution in [3.63, 3.8) is 0 Å². The number of carbonyl (C=O) groups is 1. The summed E-state index contributed by atoms with van der Waals surface area (Å²) in [5.41, 5.74) is 1.52. The van der Waals surface area contributed by atoms with E-state index in [9.17, 15) is 14.0 Å². The first-order valence-electron chi connectivity index (χ1n) is 9.64. The van der Waals surface area contributed by atoms with Crippen LogP contribution in [0.2, 0.25) is 0 Å². The van der Waals surface area contributed by atoms with Crippen LogP contribution in [0.3, 0.4) is 0 Å². The van der Waals surface area contributed by atoms with E-state index in [0.717, 1.165) is 12.0 Å². The predicted molar refractivity (Wildman–Crippen MR) is 115 cm³/mol. The topological polar surface area (TPSA) is 64.0 Å². The Hall–Kier alpha value is -2.67. The van der Waals surface area contributed by atoms with Crippen molar-refractivity contribution in [1.82, 2.24) is 14.9 Å². The molecule has 1 heterocycles. The monoisotopic (exact) mass is 413 g/mol. The highest BCUT2D eigenvalue weighted by atomic mass is 32.2. The molecule has 0 aliphatic rings. The van der Waals surface area contributed by atoms with Gasteiger partial charge in [-0.25, -0.2) is 9.37 Å². The summed E-state index contributed by atoms with van der Waals surface area (Å²) in [5.74, 6) is -0.232. The number of hydrogen-bond donors (Lipinski definition) is 1. The number of halogens is 1. The lowest BCUT2D eigenvalue weighted by Gasteiger charge is -2.18. The molecule has 1 atom stereocenters. The van der Waals surface area contributed by atoms with E-state index in [0.29, 0.717) is 29.0 Å². The molecule has 3 aromatic rings. The van der Waals surface area contributed by atoms with Crippen molar-refractivity contribution in [2.24, 2.45) is 0 Å². The zero-order chi connectivity index (χ0) is 20.8. The third-order valence-corrected chi connectivity index (χ3v) is 5.74. The highest BCUT2D eigenvalue weighted by Gasteiger charge is 2.16. The lowest BCUT2D eigenvalue weighted by molar-refractivity contribution is -0.118. The van der Waals surface area contributed by atoms with Crippen molar-refractivity contribution in [3.8, 4) is 0 Å². The number of fused-ring (bicyclic) bond motifs is 1. The molecule has 0 aliphatic heterocycles. The Balaban J connectivity index is 1.66. The maximum atomic E-state index is 12.9. The number of para-hydroxylation sites is 1. The minimum atomic E-state index is -0.274. The minimum Gasteiger partial charge on any atom is -0.355 e. The van der Waals surface area contributed by atoms with Crippen LogP contribution in [-0.4, -0.2) is 27.8 Å². The first-order valence-corrected chi connectivity index (χ1v) is 10.6. The van der Waals surface area contributed by atoms with E-state index in [-0.39, 0.29) is 29.1 Å². The number of amides is 1. The number of hydrogen-bond acceptors (Lipinski definition) is 4. The molecule has 0 unspecified atom stereocenters. The van der Waals surface area contributed by atoms with Crippen LogP contribution in [0.1, 0.15) is 31.9 Å². The molecular weight excluding hydrogens is 389 g/mol. The van der Waals surface area contributed by atoms with Gasteiger partial charge in [-0.2, -0.15) is 0 Å². The minimum absolute atomic E-state index is 0.0105. The normalized spacial score (nSPS) is 12.1. The molecule has 0 spiro atoms. The number of thioether (sulfide) groups is 1. The Bertz CT molecular complexity index is 1050. The van der Waals surface area contributed by atoms with E-state index in [2.05, 4.69) is 10.3 Å². The highest BCUT2D eigenvalue weighted by molar-refractivity contribution is 7.99. The summed E-state index contributed by atoms with van der Waals surface area (Å²) in [6, 6.07) is 13.5. The molecule has 0 bridgehead atoms. The molecule has 0 radical (unpaired) electrons. The van der Waals surface area contributed by atoms with Gasteiger partial charge in [0.25, 0.3) is 5.56 Å². The summed E-state index contributed by atoms with van der Waals surface area (Å²) in [6.45, 7) is 4.46. The van der Waals surface area contributed by atoms with E-state index >= 15 is 0 Å². The fourth-order valence-corrected chi connectivity index (χ4v) is 3.90. The van der Waals surface area contributed by atoms with Crippen LogP contribution in [0.15, 0.2) is 58.5 Å². The molecule has 1 aromatic heterocycles. The molecule has 0 saturated heterocycles. The smallest absolute Gasteiger partial charge is 0.262 e. The first kappa shape index (κ1) is 21.0. The van der Waals surface area contributed by atoms with Crippen LogP contribution >= 0.6 is 11.8 Å². The van der Waals surface area contributed by atoms with E-state index < -0.39 is 0 Å². The largest absolute Gasteiger partial charge is 0.355 e. The fraction of sp³-hybridized carbons (Fsp3) is 0.318. The molecule has 29 heavy (non-hydrogen) atoms. The second-order valence-electron chi connectivity index (χ2n) is 6.86. The molecule has 3 rings (SSSR count). The molecular formula is C22H24FN3O2S. The Labute approximate surface area is 173 Å². The molecule has 1 N–H and O–H groups in total. The van der Waals surface area contributed by atoms with Gasteiger partial charge in [0.1, 0.15) is 5.82 Å². The third-order valence-electron chi connectivity index (χ3n) is 4.79. The highest BCUT2D eigenvalue weighted by Crippen LogP contribution is 2.22. The fourth-order valence-electron chi connectivity index (χ4n) is 2.98. The van der Waals surface area contributed by atoms with Crippen molar-refractivity contribution < 1.29 is 9.18 Å². The average molecular weight is 414 g/mol. The van der Waals surface area contributed by atoms with E-state index in [1.807, 2.05) is 32.0 Å². The van der Waals surface area contributed by atoms with Crippen molar-refractivity contribution in [2.75, 3.05) is 12.3 Å². The molecule has 0 saturated carbocycles. The first-order chi connectivity index (χ1) is 14.0. The van der Waals surface area contributed by atoms with Gasteiger partial charge in [-0.3, -0.25) is 14.2 Å². The molecule has 0 fully saturated rings. The van der Waals surface area contributed by atoms with Crippen LogP contribution in [-0.2, 0) is 11.2 Å². The summed E-state index contributed by atoms with van der Waals surface area (Å²) < 4.78 is 14.6. The quantitative estimate of drug-likeness (QED) is 0.449. The zero-order valence-electron chi connectivity index (χ0n) is 16.5. The van der Waals surface area contributed by atoms with Gasteiger partial charge in [0, 0.05) is 12.6 Å². The van der Waals surface area contributed by atoms with Crippen LogP contribution in [0.4, 0.5) is 4.39 Å². The summed E-state index contributed by atoms with van der Waals surface area (Å²) >= 11 is 1.27. The number of nitrogens with one attached hydrogen (secondary N) is 1.